The van der Waals surface area contributed by atoms with Gasteiger partial charge in [-0.2, -0.15) is 4.31 Å². The number of nitrogens with zero attached hydrogens (tertiary/aromatic N) is 1. The molecule has 2 aromatic rings. The van der Waals surface area contributed by atoms with Gasteiger partial charge in [0.2, 0.25) is 10.0 Å². The summed E-state index contributed by atoms with van der Waals surface area (Å²) in [5.41, 5.74) is 1.51. The Labute approximate surface area is 150 Å². The van der Waals surface area contributed by atoms with Crippen molar-refractivity contribution >= 4 is 33.0 Å². The number of thiophene rings is 1. The number of amides is 1. The summed E-state index contributed by atoms with van der Waals surface area (Å²) >= 11 is 1.69. The molecule has 0 fully saturated rings. The Balaban J connectivity index is 1.73. The highest BCUT2D eigenvalue weighted by molar-refractivity contribution is 7.89. The van der Waals surface area contributed by atoms with Crippen molar-refractivity contribution < 1.29 is 17.9 Å². The summed E-state index contributed by atoms with van der Waals surface area (Å²) in [6.45, 7) is 2.42. The average Bonchev–Trinajstić information content (AvgIpc) is 3.08. The fraction of sp³-hybridized carbons (Fsp3) is 0.353. The van der Waals surface area contributed by atoms with E-state index in [1.165, 1.54) is 10.9 Å². The maximum absolute atomic E-state index is 13.2. The van der Waals surface area contributed by atoms with Crippen LogP contribution in [0, 0.1) is 0 Å². The average molecular weight is 378 g/mol. The van der Waals surface area contributed by atoms with Gasteiger partial charge < -0.3 is 10.1 Å². The zero-order valence-electron chi connectivity index (χ0n) is 13.7. The third-order valence-corrected chi connectivity index (χ3v) is 7.52. The summed E-state index contributed by atoms with van der Waals surface area (Å²) < 4.78 is 33.3. The molecule has 8 heteroatoms. The minimum atomic E-state index is -3.66. The van der Waals surface area contributed by atoms with Crippen LogP contribution in [-0.4, -0.2) is 31.8 Å². The number of sulfonamides is 1. The molecule has 1 aromatic carbocycles. The molecule has 0 aliphatic carbocycles. The van der Waals surface area contributed by atoms with Crippen molar-refractivity contribution in [2.75, 3.05) is 18.5 Å². The lowest BCUT2D eigenvalue weighted by Gasteiger charge is -2.34. The number of hydrogen-bond acceptors (Lipinski definition) is 5. The summed E-state index contributed by atoms with van der Waals surface area (Å²) in [5.74, 6) is 0.207. The third kappa shape index (κ3) is 2.74. The molecule has 1 N–H and O–H groups in total. The van der Waals surface area contributed by atoms with Crippen LogP contribution in [0.2, 0.25) is 0 Å². The van der Waals surface area contributed by atoms with Crippen molar-refractivity contribution in [2.24, 2.45) is 0 Å². The number of ether oxygens (including phenoxy) is 1. The van der Waals surface area contributed by atoms with Crippen molar-refractivity contribution in [3.05, 3.63) is 40.1 Å². The minimum Gasteiger partial charge on any atom is -0.482 e. The van der Waals surface area contributed by atoms with E-state index in [0.717, 1.165) is 12.0 Å². The highest BCUT2D eigenvalue weighted by Crippen LogP contribution is 2.39. The van der Waals surface area contributed by atoms with E-state index < -0.39 is 10.0 Å². The maximum Gasteiger partial charge on any atom is 0.262 e. The van der Waals surface area contributed by atoms with Crippen LogP contribution in [0.5, 0.6) is 5.75 Å². The van der Waals surface area contributed by atoms with E-state index in [0.29, 0.717) is 24.4 Å². The van der Waals surface area contributed by atoms with Gasteiger partial charge in [0, 0.05) is 11.4 Å². The Kier molecular flexibility index (Phi) is 4.05. The fourth-order valence-electron chi connectivity index (χ4n) is 3.44. The van der Waals surface area contributed by atoms with E-state index in [1.54, 1.807) is 27.8 Å². The molecule has 6 nitrogen and oxygen atoms in total. The van der Waals surface area contributed by atoms with Gasteiger partial charge in [0.15, 0.2) is 6.61 Å². The Morgan fingerprint density at radius 2 is 2.20 bits per heavy atom. The Morgan fingerprint density at radius 3 is 3.00 bits per heavy atom. The van der Waals surface area contributed by atoms with E-state index in [-0.39, 0.29) is 23.5 Å². The molecular weight excluding hydrogens is 360 g/mol. The fourth-order valence-corrected chi connectivity index (χ4v) is 6.08. The number of nitrogens with one attached hydrogen (secondary N) is 1. The van der Waals surface area contributed by atoms with E-state index in [4.69, 9.17) is 4.74 Å². The molecule has 0 saturated carbocycles. The second-order valence-corrected chi connectivity index (χ2v) is 8.97. The van der Waals surface area contributed by atoms with Crippen LogP contribution in [0.3, 0.4) is 0 Å². The van der Waals surface area contributed by atoms with Gasteiger partial charge in [-0.25, -0.2) is 8.42 Å². The highest BCUT2D eigenvalue weighted by atomic mass is 32.2. The van der Waals surface area contributed by atoms with Crippen LogP contribution in [-0.2, 0) is 21.2 Å². The van der Waals surface area contributed by atoms with Crippen molar-refractivity contribution in [2.45, 2.75) is 30.7 Å². The molecule has 1 unspecified atom stereocenters. The van der Waals surface area contributed by atoms with Crippen LogP contribution < -0.4 is 10.1 Å². The Bertz CT molecular complexity index is 936. The van der Waals surface area contributed by atoms with Crippen LogP contribution in [0.1, 0.15) is 29.8 Å². The molecule has 0 bridgehead atoms. The van der Waals surface area contributed by atoms with Crippen molar-refractivity contribution in [1.29, 1.82) is 0 Å². The molecule has 0 spiro atoms. The van der Waals surface area contributed by atoms with Crippen LogP contribution >= 0.6 is 11.3 Å². The number of fused-ring (bicyclic) bond motifs is 2. The standard InChI is InChI=1S/C17H18N2O4S2/c1-2-14-12-6-8-24-16(12)5-7-19(14)25(21,22)11-3-4-15-13(9-11)18-17(20)10-23-15/h3-4,6,8-9,14H,2,5,7,10H2,1H3,(H,18,20). The maximum atomic E-state index is 13.2. The number of anilines is 1. The van der Waals surface area contributed by atoms with Gasteiger partial charge in [-0.15, -0.1) is 11.3 Å². The number of carbonyl (C=O) groups is 1. The van der Waals surface area contributed by atoms with Crippen LogP contribution in [0.25, 0.3) is 0 Å². The molecule has 1 aromatic heterocycles. The molecule has 2 aliphatic heterocycles. The molecule has 3 heterocycles. The summed E-state index contributed by atoms with van der Waals surface area (Å²) in [6.07, 6.45) is 1.45. The Hall–Kier alpha value is -1.90. The van der Waals surface area contributed by atoms with Crippen molar-refractivity contribution in [3.63, 3.8) is 0 Å². The topological polar surface area (TPSA) is 75.7 Å². The van der Waals surface area contributed by atoms with Crippen molar-refractivity contribution in [1.82, 2.24) is 4.31 Å². The van der Waals surface area contributed by atoms with Gasteiger partial charge >= 0.3 is 0 Å². The normalized spacial score (nSPS) is 20.4. The van der Waals surface area contributed by atoms with Crippen LogP contribution in [0.15, 0.2) is 34.5 Å². The zero-order valence-corrected chi connectivity index (χ0v) is 15.3. The van der Waals surface area contributed by atoms with Crippen LogP contribution in [0.4, 0.5) is 5.69 Å². The quantitative estimate of drug-likeness (QED) is 0.891. The highest BCUT2D eigenvalue weighted by Gasteiger charge is 2.36. The lowest BCUT2D eigenvalue weighted by molar-refractivity contribution is -0.118. The largest absolute Gasteiger partial charge is 0.482 e. The summed E-state index contributed by atoms with van der Waals surface area (Å²) in [4.78, 5) is 12.9. The van der Waals surface area contributed by atoms with E-state index >= 15 is 0 Å². The van der Waals surface area contributed by atoms with Gasteiger partial charge in [0.05, 0.1) is 16.6 Å². The predicted molar refractivity (Wildman–Crippen MR) is 95.5 cm³/mol. The predicted octanol–water partition coefficient (Wildman–Crippen LogP) is 2.78. The van der Waals surface area contributed by atoms with Gasteiger partial charge in [-0.05, 0) is 48.1 Å². The summed E-state index contributed by atoms with van der Waals surface area (Å²) in [5, 5.41) is 4.69. The molecule has 2 aliphatic rings. The molecule has 132 valence electrons. The SMILES string of the molecule is CCC1c2ccsc2CCN1S(=O)(=O)c1ccc2c(c1)NC(=O)CO2. The first-order valence-corrected chi connectivity index (χ1v) is 10.5. The first kappa shape index (κ1) is 16.6. The van der Waals surface area contributed by atoms with Crippen molar-refractivity contribution in [3.8, 4) is 5.75 Å². The molecule has 1 atom stereocenters. The molecular formula is C17H18N2O4S2. The third-order valence-electron chi connectivity index (χ3n) is 4.62. The number of hydrogen-bond donors (Lipinski definition) is 1. The van der Waals surface area contributed by atoms with E-state index in [1.807, 2.05) is 18.4 Å². The lowest BCUT2D eigenvalue weighted by atomic mass is 10.0. The summed E-state index contributed by atoms with van der Waals surface area (Å²) in [6, 6.07) is 6.50. The molecule has 0 saturated heterocycles. The number of rotatable bonds is 3. The minimum absolute atomic E-state index is 0.0515. The molecule has 1 amide bonds. The second-order valence-electron chi connectivity index (χ2n) is 6.08. The van der Waals surface area contributed by atoms with E-state index in [9.17, 15) is 13.2 Å². The number of benzene rings is 1. The molecule has 25 heavy (non-hydrogen) atoms. The lowest BCUT2D eigenvalue weighted by Crippen LogP contribution is -2.39. The Morgan fingerprint density at radius 1 is 1.36 bits per heavy atom. The van der Waals surface area contributed by atoms with Gasteiger partial charge in [-0.1, -0.05) is 6.92 Å². The zero-order chi connectivity index (χ0) is 17.6. The smallest absolute Gasteiger partial charge is 0.262 e. The molecule has 0 radical (unpaired) electrons. The molecule has 4 rings (SSSR count). The number of carbonyl (C=O) groups excluding carboxylic acids is 1. The monoisotopic (exact) mass is 378 g/mol. The van der Waals surface area contributed by atoms with E-state index in [2.05, 4.69) is 5.32 Å². The first-order chi connectivity index (χ1) is 12.0. The first-order valence-electron chi connectivity index (χ1n) is 8.15. The van der Waals surface area contributed by atoms with Gasteiger partial charge in [0.25, 0.3) is 5.91 Å². The second kappa shape index (κ2) is 6.12. The van der Waals surface area contributed by atoms with Gasteiger partial charge in [0.1, 0.15) is 5.75 Å². The summed E-state index contributed by atoms with van der Waals surface area (Å²) in [7, 11) is -3.66. The van der Waals surface area contributed by atoms with Gasteiger partial charge in [-0.3, -0.25) is 4.79 Å².